The minimum Gasteiger partial charge on any atom is -0.311 e. The van der Waals surface area contributed by atoms with Crippen molar-refractivity contribution < 1.29 is 0 Å². The molecule has 0 aliphatic rings. The summed E-state index contributed by atoms with van der Waals surface area (Å²) >= 11 is 5.70. The summed E-state index contributed by atoms with van der Waals surface area (Å²) in [7, 11) is 0. The van der Waals surface area contributed by atoms with E-state index in [1.54, 1.807) is 0 Å². The molecule has 1 aromatic heterocycles. The smallest absolute Gasteiger partial charge is 0.0762 e. The highest BCUT2D eigenvalue weighted by atomic mass is 35.5. The SMILES string of the molecule is CCC(C)n1ccc(CNCC(C)CCCl)n1. The highest BCUT2D eigenvalue weighted by molar-refractivity contribution is 6.17. The molecule has 0 saturated heterocycles. The Kier molecular flexibility index (Phi) is 6.60. The van der Waals surface area contributed by atoms with E-state index in [0.717, 1.165) is 37.5 Å². The van der Waals surface area contributed by atoms with Gasteiger partial charge in [-0.15, -0.1) is 11.6 Å². The van der Waals surface area contributed by atoms with Crippen LogP contribution in [0.3, 0.4) is 0 Å². The van der Waals surface area contributed by atoms with E-state index in [-0.39, 0.29) is 0 Å². The lowest BCUT2D eigenvalue weighted by Gasteiger charge is -2.10. The van der Waals surface area contributed by atoms with Crippen LogP contribution in [0, 0.1) is 5.92 Å². The highest BCUT2D eigenvalue weighted by Gasteiger charge is 2.05. The number of hydrogen-bond donors (Lipinski definition) is 1. The fourth-order valence-electron chi connectivity index (χ4n) is 1.64. The third kappa shape index (κ3) is 5.09. The van der Waals surface area contributed by atoms with Crippen LogP contribution in [-0.2, 0) is 6.54 Å². The van der Waals surface area contributed by atoms with Gasteiger partial charge >= 0.3 is 0 Å². The second-order valence-corrected chi connectivity index (χ2v) is 5.14. The summed E-state index contributed by atoms with van der Waals surface area (Å²) in [6, 6.07) is 2.57. The van der Waals surface area contributed by atoms with Gasteiger partial charge in [-0.2, -0.15) is 5.10 Å². The van der Waals surface area contributed by atoms with Gasteiger partial charge in [0.1, 0.15) is 0 Å². The zero-order chi connectivity index (χ0) is 12.7. The van der Waals surface area contributed by atoms with Crippen LogP contribution in [0.1, 0.15) is 45.3 Å². The van der Waals surface area contributed by atoms with Gasteiger partial charge < -0.3 is 5.32 Å². The van der Waals surface area contributed by atoms with Crippen molar-refractivity contribution >= 4 is 11.6 Å². The maximum atomic E-state index is 5.70. The van der Waals surface area contributed by atoms with Gasteiger partial charge in [0.2, 0.25) is 0 Å². The monoisotopic (exact) mass is 257 g/mol. The first-order valence-corrected chi connectivity index (χ1v) is 7.01. The summed E-state index contributed by atoms with van der Waals surface area (Å²) in [5.41, 5.74) is 1.11. The van der Waals surface area contributed by atoms with Gasteiger partial charge in [0, 0.05) is 24.7 Å². The lowest BCUT2D eigenvalue weighted by atomic mass is 10.1. The van der Waals surface area contributed by atoms with Crippen molar-refractivity contribution in [2.24, 2.45) is 5.92 Å². The van der Waals surface area contributed by atoms with E-state index in [9.17, 15) is 0 Å². The summed E-state index contributed by atoms with van der Waals surface area (Å²) in [4.78, 5) is 0. The van der Waals surface area contributed by atoms with Crippen LogP contribution in [0.5, 0.6) is 0 Å². The first kappa shape index (κ1) is 14.5. The van der Waals surface area contributed by atoms with Crippen molar-refractivity contribution in [2.75, 3.05) is 12.4 Å². The van der Waals surface area contributed by atoms with Crippen molar-refractivity contribution in [1.29, 1.82) is 0 Å². The van der Waals surface area contributed by atoms with E-state index < -0.39 is 0 Å². The molecular formula is C13H24ClN3. The lowest BCUT2D eigenvalue weighted by Crippen LogP contribution is -2.21. The Hall–Kier alpha value is -0.540. The van der Waals surface area contributed by atoms with E-state index >= 15 is 0 Å². The van der Waals surface area contributed by atoms with Crippen LogP contribution < -0.4 is 5.32 Å². The van der Waals surface area contributed by atoms with Crippen LogP contribution in [0.25, 0.3) is 0 Å². The van der Waals surface area contributed by atoms with Gasteiger partial charge in [0.15, 0.2) is 0 Å². The zero-order valence-electron chi connectivity index (χ0n) is 11.1. The molecule has 0 fully saturated rings. The number of hydrogen-bond acceptors (Lipinski definition) is 2. The maximum Gasteiger partial charge on any atom is 0.0762 e. The Morgan fingerprint density at radius 1 is 1.47 bits per heavy atom. The summed E-state index contributed by atoms with van der Waals surface area (Å²) in [5, 5.41) is 7.97. The predicted octanol–water partition coefficient (Wildman–Crippen LogP) is 3.21. The summed E-state index contributed by atoms with van der Waals surface area (Å²) in [6.45, 7) is 8.43. The Labute approximate surface area is 110 Å². The van der Waals surface area contributed by atoms with Gasteiger partial charge in [0.25, 0.3) is 0 Å². The normalized spacial score (nSPS) is 14.8. The molecule has 1 rings (SSSR count). The van der Waals surface area contributed by atoms with Crippen molar-refractivity contribution in [3.63, 3.8) is 0 Å². The fourth-order valence-corrected chi connectivity index (χ4v) is 2.01. The molecule has 0 spiro atoms. The Balaban J connectivity index is 2.30. The molecule has 98 valence electrons. The number of aromatic nitrogens is 2. The second-order valence-electron chi connectivity index (χ2n) is 4.76. The quantitative estimate of drug-likeness (QED) is 0.725. The second kappa shape index (κ2) is 7.72. The topological polar surface area (TPSA) is 29.9 Å². The number of alkyl halides is 1. The van der Waals surface area contributed by atoms with E-state index in [2.05, 4.69) is 43.4 Å². The third-order valence-corrected chi connectivity index (χ3v) is 3.33. The van der Waals surface area contributed by atoms with E-state index in [0.29, 0.717) is 12.0 Å². The van der Waals surface area contributed by atoms with Crippen LogP contribution in [0.15, 0.2) is 12.3 Å². The number of halogens is 1. The third-order valence-electron chi connectivity index (χ3n) is 3.11. The van der Waals surface area contributed by atoms with E-state index in [4.69, 9.17) is 11.6 Å². The van der Waals surface area contributed by atoms with Crippen molar-refractivity contribution in [2.45, 2.75) is 46.2 Å². The molecule has 1 heterocycles. The largest absolute Gasteiger partial charge is 0.311 e. The molecule has 17 heavy (non-hydrogen) atoms. The first-order valence-electron chi connectivity index (χ1n) is 6.48. The molecule has 3 nitrogen and oxygen atoms in total. The molecule has 0 bridgehead atoms. The van der Waals surface area contributed by atoms with Gasteiger partial charge in [-0.1, -0.05) is 13.8 Å². The first-order chi connectivity index (χ1) is 8.17. The summed E-state index contributed by atoms with van der Waals surface area (Å²) in [6.07, 6.45) is 4.24. The number of rotatable bonds is 8. The maximum absolute atomic E-state index is 5.70. The van der Waals surface area contributed by atoms with Gasteiger partial charge in [-0.25, -0.2) is 0 Å². The molecule has 2 atom stereocenters. The van der Waals surface area contributed by atoms with Crippen molar-refractivity contribution in [1.82, 2.24) is 15.1 Å². The molecule has 0 amide bonds. The average Bonchev–Trinajstić information content (AvgIpc) is 2.77. The minimum absolute atomic E-state index is 0.485. The van der Waals surface area contributed by atoms with Crippen molar-refractivity contribution in [3.05, 3.63) is 18.0 Å². The Morgan fingerprint density at radius 3 is 2.88 bits per heavy atom. The average molecular weight is 258 g/mol. The molecule has 1 aromatic rings. The van der Waals surface area contributed by atoms with E-state index in [1.807, 2.05) is 4.68 Å². The molecule has 1 N–H and O–H groups in total. The molecule has 0 saturated carbocycles. The predicted molar refractivity (Wildman–Crippen MR) is 73.4 cm³/mol. The summed E-state index contributed by atoms with van der Waals surface area (Å²) in [5.74, 6) is 1.37. The Bertz CT molecular complexity index is 311. The lowest BCUT2D eigenvalue weighted by molar-refractivity contribution is 0.464. The number of nitrogens with one attached hydrogen (secondary N) is 1. The molecule has 0 radical (unpaired) electrons. The summed E-state index contributed by atoms with van der Waals surface area (Å²) < 4.78 is 2.04. The zero-order valence-corrected chi connectivity index (χ0v) is 11.9. The van der Waals surface area contributed by atoms with Gasteiger partial charge in [-0.05, 0) is 38.3 Å². The van der Waals surface area contributed by atoms with Crippen molar-refractivity contribution in [3.8, 4) is 0 Å². The van der Waals surface area contributed by atoms with E-state index in [1.165, 1.54) is 0 Å². The fraction of sp³-hybridized carbons (Fsp3) is 0.769. The molecule has 0 aromatic carbocycles. The molecule has 0 aliphatic heterocycles. The van der Waals surface area contributed by atoms with Crippen LogP contribution in [0.2, 0.25) is 0 Å². The van der Waals surface area contributed by atoms with Crippen LogP contribution >= 0.6 is 11.6 Å². The van der Waals surface area contributed by atoms with Crippen LogP contribution in [0.4, 0.5) is 0 Å². The van der Waals surface area contributed by atoms with Gasteiger partial charge in [-0.3, -0.25) is 4.68 Å². The van der Waals surface area contributed by atoms with Gasteiger partial charge in [0.05, 0.1) is 5.69 Å². The highest BCUT2D eigenvalue weighted by Crippen LogP contribution is 2.09. The minimum atomic E-state index is 0.485. The molecular weight excluding hydrogens is 234 g/mol. The Morgan fingerprint density at radius 2 is 2.24 bits per heavy atom. The molecule has 2 unspecified atom stereocenters. The molecule has 0 aliphatic carbocycles. The molecule has 4 heteroatoms. The number of nitrogens with zero attached hydrogens (tertiary/aromatic N) is 2. The standard InChI is InChI=1S/C13H24ClN3/c1-4-12(3)17-8-6-13(16-17)10-15-9-11(2)5-7-14/h6,8,11-12,15H,4-5,7,9-10H2,1-3H3. The van der Waals surface area contributed by atoms with Crippen LogP contribution in [-0.4, -0.2) is 22.2 Å².